The average Bonchev–Trinajstić information content (AvgIpc) is 2.79. The van der Waals surface area contributed by atoms with Gasteiger partial charge in [0.25, 0.3) is 5.91 Å². The number of nitrogens with zero attached hydrogens (tertiary/aromatic N) is 5. The molecule has 1 aliphatic rings. The van der Waals surface area contributed by atoms with E-state index in [1.165, 1.54) is 18.3 Å². The van der Waals surface area contributed by atoms with E-state index in [4.69, 9.17) is 0 Å². The molecule has 3 heterocycles. The molecule has 0 bridgehead atoms. The van der Waals surface area contributed by atoms with Crippen LogP contribution in [0.3, 0.4) is 0 Å². The second kappa shape index (κ2) is 8.64. The minimum atomic E-state index is -0.282. The zero-order valence-electron chi connectivity index (χ0n) is 15.8. The fourth-order valence-electron chi connectivity index (χ4n) is 3.21. The Bertz CT molecular complexity index is 941. The SMILES string of the molecule is O=C(NCc1ccccn1)c1cnc(N2CCN(c3ccc(F)cc3)CC2)cn1. The number of benzene rings is 1. The Hall–Kier alpha value is -3.55. The molecule has 1 N–H and O–H groups in total. The lowest BCUT2D eigenvalue weighted by atomic mass is 10.2. The molecule has 1 aliphatic heterocycles. The highest BCUT2D eigenvalue weighted by Gasteiger charge is 2.19. The number of amides is 1. The van der Waals surface area contributed by atoms with Crippen LogP contribution in [0.25, 0.3) is 0 Å². The van der Waals surface area contributed by atoms with E-state index in [0.29, 0.717) is 6.54 Å². The number of hydrogen-bond donors (Lipinski definition) is 1. The summed E-state index contributed by atoms with van der Waals surface area (Å²) in [6.07, 6.45) is 4.81. The molecule has 1 aromatic carbocycles. The maximum Gasteiger partial charge on any atom is 0.271 e. The molecule has 1 amide bonds. The molecule has 7 nitrogen and oxygen atoms in total. The minimum Gasteiger partial charge on any atom is -0.368 e. The van der Waals surface area contributed by atoms with Gasteiger partial charge in [-0.25, -0.2) is 14.4 Å². The number of piperazine rings is 1. The van der Waals surface area contributed by atoms with Crippen molar-refractivity contribution in [3.05, 3.63) is 78.3 Å². The molecule has 1 saturated heterocycles. The Morgan fingerprint density at radius 2 is 1.69 bits per heavy atom. The first-order valence-electron chi connectivity index (χ1n) is 9.45. The van der Waals surface area contributed by atoms with Crippen LogP contribution in [0.5, 0.6) is 0 Å². The number of carbonyl (C=O) groups is 1. The molecule has 3 aromatic rings. The predicted octanol–water partition coefficient (Wildman–Crippen LogP) is 2.27. The van der Waals surface area contributed by atoms with Crippen LogP contribution < -0.4 is 15.1 Å². The van der Waals surface area contributed by atoms with E-state index < -0.39 is 0 Å². The summed E-state index contributed by atoms with van der Waals surface area (Å²) in [6.45, 7) is 3.50. The number of aromatic nitrogens is 3. The molecule has 0 spiro atoms. The van der Waals surface area contributed by atoms with Crippen molar-refractivity contribution in [2.75, 3.05) is 36.0 Å². The Kier molecular flexibility index (Phi) is 5.60. The van der Waals surface area contributed by atoms with Gasteiger partial charge in [-0.15, -0.1) is 0 Å². The highest BCUT2D eigenvalue weighted by molar-refractivity contribution is 5.91. The predicted molar refractivity (Wildman–Crippen MR) is 108 cm³/mol. The van der Waals surface area contributed by atoms with Crippen LogP contribution in [0.1, 0.15) is 16.2 Å². The van der Waals surface area contributed by atoms with Crippen molar-refractivity contribution in [2.24, 2.45) is 0 Å². The van der Waals surface area contributed by atoms with Crippen LogP contribution in [0.2, 0.25) is 0 Å². The molecule has 0 atom stereocenters. The van der Waals surface area contributed by atoms with Crippen LogP contribution in [-0.4, -0.2) is 47.0 Å². The number of carbonyl (C=O) groups excluding carboxylic acids is 1. The van der Waals surface area contributed by atoms with E-state index in [2.05, 4.69) is 30.1 Å². The molecule has 4 rings (SSSR count). The van der Waals surface area contributed by atoms with E-state index in [1.54, 1.807) is 24.5 Å². The van der Waals surface area contributed by atoms with Crippen LogP contribution in [0.4, 0.5) is 15.9 Å². The van der Waals surface area contributed by atoms with Gasteiger partial charge in [0.05, 0.1) is 24.6 Å². The molecule has 0 unspecified atom stereocenters. The van der Waals surface area contributed by atoms with Gasteiger partial charge in [0, 0.05) is 38.1 Å². The summed E-state index contributed by atoms with van der Waals surface area (Å²) in [6, 6.07) is 12.1. The van der Waals surface area contributed by atoms with E-state index in [9.17, 15) is 9.18 Å². The molecule has 1 fully saturated rings. The lowest BCUT2D eigenvalue weighted by Crippen LogP contribution is -2.46. The molecule has 29 heavy (non-hydrogen) atoms. The lowest BCUT2D eigenvalue weighted by molar-refractivity contribution is 0.0945. The zero-order valence-corrected chi connectivity index (χ0v) is 15.8. The number of nitrogens with one attached hydrogen (secondary N) is 1. The largest absolute Gasteiger partial charge is 0.368 e. The molecular weight excluding hydrogens is 371 g/mol. The Labute approximate surface area is 168 Å². The summed E-state index contributed by atoms with van der Waals surface area (Å²) in [5.74, 6) is 0.229. The van der Waals surface area contributed by atoms with Crippen molar-refractivity contribution < 1.29 is 9.18 Å². The first-order chi connectivity index (χ1) is 14.2. The van der Waals surface area contributed by atoms with Gasteiger partial charge in [0.2, 0.25) is 0 Å². The third-order valence-corrected chi connectivity index (χ3v) is 4.82. The number of rotatable bonds is 5. The third kappa shape index (κ3) is 4.66. The Morgan fingerprint density at radius 1 is 0.931 bits per heavy atom. The first-order valence-corrected chi connectivity index (χ1v) is 9.45. The van der Waals surface area contributed by atoms with Crippen molar-refractivity contribution >= 4 is 17.4 Å². The first kappa shape index (κ1) is 18.8. The molecule has 0 aliphatic carbocycles. The monoisotopic (exact) mass is 392 g/mol. The normalized spacial score (nSPS) is 14.0. The minimum absolute atomic E-state index is 0.230. The van der Waals surface area contributed by atoms with Gasteiger partial charge in [-0.3, -0.25) is 9.78 Å². The van der Waals surface area contributed by atoms with Gasteiger partial charge in [0.15, 0.2) is 0 Å². The zero-order chi connectivity index (χ0) is 20.1. The van der Waals surface area contributed by atoms with Crippen molar-refractivity contribution in [1.29, 1.82) is 0 Å². The van der Waals surface area contributed by atoms with Gasteiger partial charge in [-0.2, -0.15) is 0 Å². The maximum atomic E-state index is 13.1. The van der Waals surface area contributed by atoms with Gasteiger partial charge in [-0.05, 0) is 36.4 Å². The van der Waals surface area contributed by atoms with Crippen molar-refractivity contribution in [3.63, 3.8) is 0 Å². The summed E-state index contributed by atoms with van der Waals surface area (Å²) < 4.78 is 13.1. The molecular formula is C21H21FN6O. The van der Waals surface area contributed by atoms with E-state index in [-0.39, 0.29) is 17.4 Å². The Balaban J connectivity index is 1.31. The van der Waals surface area contributed by atoms with Crippen molar-refractivity contribution in [3.8, 4) is 0 Å². The van der Waals surface area contributed by atoms with Gasteiger partial charge >= 0.3 is 0 Å². The fraction of sp³-hybridized carbons (Fsp3) is 0.238. The van der Waals surface area contributed by atoms with Gasteiger partial charge in [-0.1, -0.05) is 6.07 Å². The fourth-order valence-corrected chi connectivity index (χ4v) is 3.21. The molecule has 148 valence electrons. The molecule has 2 aromatic heterocycles. The van der Waals surface area contributed by atoms with Crippen LogP contribution in [0.15, 0.2) is 61.1 Å². The summed E-state index contributed by atoms with van der Waals surface area (Å²) in [5, 5.41) is 2.79. The third-order valence-electron chi connectivity index (χ3n) is 4.82. The van der Waals surface area contributed by atoms with E-state index in [1.807, 2.05) is 18.2 Å². The second-order valence-electron chi connectivity index (χ2n) is 6.71. The summed E-state index contributed by atoms with van der Waals surface area (Å²) >= 11 is 0. The number of pyridine rings is 1. The van der Waals surface area contributed by atoms with Crippen molar-refractivity contribution in [1.82, 2.24) is 20.3 Å². The summed E-state index contributed by atoms with van der Waals surface area (Å²) in [4.78, 5) is 29.4. The van der Waals surface area contributed by atoms with Crippen molar-refractivity contribution in [2.45, 2.75) is 6.54 Å². The number of halogens is 1. The maximum absolute atomic E-state index is 13.1. The number of hydrogen-bond acceptors (Lipinski definition) is 6. The molecule has 8 heteroatoms. The smallest absolute Gasteiger partial charge is 0.271 e. The molecule has 0 saturated carbocycles. The lowest BCUT2D eigenvalue weighted by Gasteiger charge is -2.36. The summed E-state index contributed by atoms with van der Waals surface area (Å²) in [7, 11) is 0. The van der Waals surface area contributed by atoms with Crippen LogP contribution in [0, 0.1) is 5.82 Å². The summed E-state index contributed by atoms with van der Waals surface area (Å²) in [5.41, 5.74) is 2.07. The van der Waals surface area contributed by atoms with E-state index >= 15 is 0 Å². The van der Waals surface area contributed by atoms with E-state index in [0.717, 1.165) is 43.4 Å². The Morgan fingerprint density at radius 3 is 2.34 bits per heavy atom. The highest BCUT2D eigenvalue weighted by Crippen LogP contribution is 2.19. The van der Waals surface area contributed by atoms with Crippen LogP contribution in [-0.2, 0) is 6.54 Å². The average molecular weight is 392 g/mol. The highest BCUT2D eigenvalue weighted by atomic mass is 19.1. The van der Waals surface area contributed by atoms with Crippen LogP contribution >= 0.6 is 0 Å². The van der Waals surface area contributed by atoms with Gasteiger partial charge < -0.3 is 15.1 Å². The molecule has 0 radical (unpaired) electrons. The van der Waals surface area contributed by atoms with Gasteiger partial charge in [0.1, 0.15) is 17.3 Å². The second-order valence-corrected chi connectivity index (χ2v) is 6.71. The number of anilines is 2. The topological polar surface area (TPSA) is 74.2 Å². The standard InChI is InChI=1S/C21H21FN6O/c22-16-4-6-18(7-5-16)27-9-11-28(12-10-27)20-15-24-19(14-25-20)21(29)26-13-17-3-1-2-8-23-17/h1-8,14-15H,9-13H2,(H,26,29). The quantitative estimate of drug-likeness (QED) is 0.718.